The van der Waals surface area contributed by atoms with E-state index in [0.717, 1.165) is 18.2 Å². The van der Waals surface area contributed by atoms with E-state index in [9.17, 15) is 60.7 Å². The molecule has 1 saturated carbocycles. The molecule has 11 nitrogen and oxygen atoms in total. The average Bonchev–Trinajstić information content (AvgIpc) is 3.71. The van der Waals surface area contributed by atoms with Crippen LogP contribution in [0.3, 0.4) is 0 Å². The predicted molar refractivity (Wildman–Crippen MR) is 160 cm³/mol. The van der Waals surface area contributed by atoms with Crippen LogP contribution < -0.4 is 9.47 Å². The van der Waals surface area contributed by atoms with Crippen molar-refractivity contribution in [2.45, 2.75) is 86.0 Å². The molecule has 0 spiro atoms. The number of likely N-dealkylation sites (N-methyl/N-ethyl adjacent to an activating group) is 1. The summed E-state index contributed by atoms with van der Waals surface area (Å²) >= 11 is -0.0807. The van der Waals surface area contributed by atoms with E-state index < -0.39 is 89.7 Å². The zero-order valence-electron chi connectivity index (χ0n) is 26.6. The minimum Gasteiger partial charge on any atom is -0.490 e. The fourth-order valence-electron chi connectivity index (χ4n) is 5.54. The second-order valence-corrected chi connectivity index (χ2v) is 13.5. The van der Waals surface area contributed by atoms with E-state index in [1.54, 1.807) is 14.1 Å². The maximum Gasteiger partial charge on any atom is 0.433 e. The number of aromatic nitrogens is 2. The molecule has 5 rings (SSSR count). The Kier molecular flexibility index (Phi) is 10.9. The Morgan fingerprint density at radius 3 is 2.12 bits per heavy atom. The Balaban J connectivity index is 1.50. The van der Waals surface area contributed by atoms with Crippen molar-refractivity contribution >= 4 is 11.3 Å². The molecule has 2 fully saturated rings. The topological polar surface area (TPSA) is 158 Å². The second-order valence-electron chi connectivity index (χ2n) is 12.4. The molecule has 6 atom stereocenters. The van der Waals surface area contributed by atoms with Crippen LogP contribution in [0.15, 0.2) is 42.7 Å². The third-order valence-corrected chi connectivity index (χ3v) is 9.69. The molecule has 1 aliphatic heterocycles. The first-order chi connectivity index (χ1) is 23.7. The smallest absolute Gasteiger partial charge is 0.433 e. The van der Waals surface area contributed by atoms with Crippen molar-refractivity contribution in [3.63, 3.8) is 0 Å². The standard InChI is InChI=1S/C31H33F8N3O8S/c1-42(2)23-25(45)24(44)20(13-43)49-26(23)50-22-8-3-14(11-40-22)9-17(15-4-7-18(29(32,33)47)19(10-15)48-16-5-6-16)21-12-41-27(51-21)28(46,30(34,35)36)31(37,38)39/h3-4,7-8,10-12,16-17,20,23-26,43-47H,5-6,9,13H2,1-2H3/t17-,20?,23+,24+,25?,26-/m0/s1. The first kappa shape index (κ1) is 39.0. The van der Waals surface area contributed by atoms with Crippen LogP contribution in [0.2, 0.25) is 0 Å². The van der Waals surface area contributed by atoms with Crippen LogP contribution in [0.4, 0.5) is 35.1 Å². The number of nitrogens with zero attached hydrogens (tertiary/aromatic N) is 3. The molecule has 3 heterocycles. The van der Waals surface area contributed by atoms with Gasteiger partial charge in [-0.1, -0.05) is 12.1 Å². The molecule has 1 aromatic carbocycles. The molecule has 1 saturated heterocycles. The van der Waals surface area contributed by atoms with Gasteiger partial charge in [-0.25, -0.2) is 9.97 Å². The zero-order valence-corrected chi connectivity index (χ0v) is 27.5. The Hall–Kier alpha value is -3.24. The highest BCUT2D eigenvalue weighted by atomic mass is 32.1. The number of hydrogen-bond acceptors (Lipinski definition) is 12. The van der Waals surface area contributed by atoms with Gasteiger partial charge in [0.1, 0.15) is 35.1 Å². The Labute approximate surface area is 288 Å². The fourth-order valence-corrected chi connectivity index (χ4v) is 6.71. The lowest BCUT2D eigenvalue weighted by Gasteiger charge is -2.44. The second kappa shape index (κ2) is 14.3. The van der Waals surface area contributed by atoms with E-state index in [1.165, 1.54) is 23.2 Å². The van der Waals surface area contributed by atoms with Crippen LogP contribution in [0.1, 0.15) is 45.3 Å². The SMILES string of the molecule is CN(C)[C@@H]1C(O)[C@H](O)C(CO)O[C@H]1Oc1ccc(C[C@@H](c2ccc(C(O)(F)F)c(OC3CC3)c2)c2cnc(C(O)(C(F)(F)F)C(F)(F)F)s2)cn1. The molecule has 0 amide bonds. The lowest BCUT2D eigenvalue weighted by molar-refractivity contribution is -0.376. The lowest BCUT2D eigenvalue weighted by Crippen LogP contribution is -2.64. The highest BCUT2D eigenvalue weighted by Gasteiger charge is 2.73. The first-order valence-corrected chi connectivity index (χ1v) is 16.1. The van der Waals surface area contributed by atoms with Crippen LogP contribution in [0.25, 0.3) is 0 Å². The van der Waals surface area contributed by atoms with Gasteiger partial charge >= 0.3 is 24.1 Å². The fraction of sp³-hybridized carbons (Fsp3) is 0.548. The van der Waals surface area contributed by atoms with Gasteiger partial charge in [-0.05, 0) is 56.6 Å². The zero-order chi connectivity index (χ0) is 37.7. The molecule has 1 aliphatic carbocycles. The summed E-state index contributed by atoms with van der Waals surface area (Å²) in [5.41, 5.74) is -5.80. The highest BCUT2D eigenvalue weighted by molar-refractivity contribution is 7.11. The van der Waals surface area contributed by atoms with Crippen LogP contribution >= 0.6 is 11.3 Å². The molecule has 0 bridgehead atoms. The van der Waals surface area contributed by atoms with Gasteiger partial charge in [0.05, 0.1) is 18.3 Å². The van der Waals surface area contributed by atoms with E-state index >= 15 is 0 Å². The predicted octanol–water partition coefficient (Wildman–Crippen LogP) is 3.56. The van der Waals surface area contributed by atoms with Gasteiger partial charge < -0.3 is 39.7 Å². The lowest BCUT2D eigenvalue weighted by atomic mass is 9.90. The molecule has 2 aliphatic rings. The number of benzene rings is 1. The van der Waals surface area contributed by atoms with Crippen molar-refractivity contribution in [3.05, 3.63) is 69.3 Å². The summed E-state index contributed by atoms with van der Waals surface area (Å²) in [6, 6.07) is 4.91. The van der Waals surface area contributed by atoms with E-state index in [1.807, 2.05) is 0 Å². The molecule has 3 aromatic rings. The van der Waals surface area contributed by atoms with Crippen LogP contribution in [0.5, 0.6) is 11.6 Å². The molecule has 2 unspecified atom stereocenters. The van der Waals surface area contributed by atoms with Gasteiger partial charge in [-0.2, -0.15) is 35.1 Å². The van der Waals surface area contributed by atoms with Gasteiger partial charge in [0.15, 0.2) is 0 Å². The molecule has 2 aromatic heterocycles. The van der Waals surface area contributed by atoms with E-state index in [2.05, 4.69) is 9.97 Å². The van der Waals surface area contributed by atoms with E-state index in [0.29, 0.717) is 24.6 Å². The Morgan fingerprint density at radius 1 is 0.922 bits per heavy atom. The van der Waals surface area contributed by atoms with Crippen LogP contribution in [-0.4, -0.2) is 110 Å². The largest absolute Gasteiger partial charge is 0.490 e. The summed E-state index contributed by atoms with van der Waals surface area (Å²) < 4.78 is 127. The summed E-state index contributed by atoms with van der Waals surface area (Å²) in [6.07, 6.45) is -19.6. The van der Waals surface area contributed by atoms with Crippen molar-refractivity contribution in [1.82, 2.24) is 14.9 Å². The normalized spacial score (nSPS) is 24.1. The maximum atomic E-state index is 14.1. The molecular formula is C31H33F8N3O8S. The summed E-state index contributed by atoms with van der Waals surface area (Å²) in [4.78, 5) is 8.79. The number of alkyl halides is 8. The van der Waals surface area contributed by atoms with Gasteiger partial charge in [0.2, 0.25) is 12.2 Å². The number of pyridine rings is 1. The number of rotatable bonds is 12. The summed E-state index contributed by atoms with van der Waals surface area (Å²) in [6.45, 7) is -0.640. The van der Waals surface area contributed by atoms with Crippen molar-refractivity contribution < 1.29 is 74.9 Å². The van der Waals surface area contributed by atoms with Crippen LogP contribution in [-0.2, 0) is 22.9 Å². The quantitative estimate of drug-likeness (QED) is 0.172. The van der Waals surface area contributed by atoms with E-state index in [4.69, 9.17) is 14.2 Å². The van der Waals surface area contributed by atoms with Gasteiger partial charge in [-0.3, -0.25) is 4.90 Å². The number of halogens is 8. The van der Waals surface area contributed by atoms with Crippen molar-refractivity contribution in [2.24, 2.45) is 0 Å². The number of hydrogen-bond donors (Lipinski definition) is 5. The molecular weight excluding hydrogens is 726 g/mol. The number of aliphatic hydroxyl groups excluding tert-OH is 3. The molecule has 51 heavy (non-hydrogen) atoms. The minimum atomic E-state index is -6.20. The third kappa shape index (κ3) is 8.07. The molecule has 0 radical (unpaired) electrons. The van der Waals surface area contributed by atoms with E-state index in [-0.39, 0.29) is 34.1 Å². The number of ether oxygens (including phenoxy) is 3. The third-order valence-electron chi connectivity index (χ3n) is 8.47. The van der Waals surface area contributed by atoms with Gasteiger partial charge in [-0.15, -0.1) is 11.3 Å². The van der Waals surface area contributed by atoms with Gasteiger partial charge in [0.25, 0.3) is 0 Å². The van der Waals surface area contributed by atoms with Crippen molar-refractivity contribution in [1.29, 1.82) is 0 Å². The molecule has 20 heteroatoms. The Morgan fingerprint density at radius 2 is 1.59 bits per heavy atom. The number of aliphatic hydroxyl groups is 5. The van der Waals surface area contributed by atoms with Crippen LogP contribution in [0, 0.1) is 0 Å². The minimum absolute atomic E-state index is 0.0671. The highest BCUT2D eigenvalue weighted by Crippen LogP contribution is 2.52. The van der Waals surface area contributed by atoms with Crippen molar-refractivity contribution in [2.75, 3.05) is 20.7 Å². The molecule has 5 N–H and O–H groups in total. The summed E-state index contributed by atoms with van der Waals surface area (Å²) in [5, 5.41) is 48.1. The Bertz CT molecular complexity index is 1640. The first-order valence-electron chi connectivity index (χ1n) is 15.3. The average molecular weight is 760 g/mol. The summed E-state index contributed by atoms with van der Waals surface area (Å²) in [7, 11) is 3.17. The van der Waals surface area contributed by atoms with Crippen molar-refractivity contribution in [3.8, 4) is 11.6 Å². The molecule has 282 valence electrons. The maximum absolute atomic E-state index is 14.1. The number of thiazole rings is 1. The van der Waals surface area contributed by atoms with Gasteiger partial charge in [0, 0.05) is 29.3 Å². The summed E-state index contributed by atoms with van der Waals surface area (Å²) in [5.74, 6) is -1.68. The monoisotopic (exact) mass is 759 g/mol.